The fraction of sp³-hybridized carbons (Fsp3) is 0.429. The highest BCUT2D eigenvalue weighted by Gasteiger charge is 2.37. The van der Waals surface area contributed by atoms with Crippen LogP contribution in [0.3, 0.4) is 0 Å². The molecule has 3 heterocycles. The maximum absolute atomic E-state index is 13.1. The van der Waals surface area contributed by atoms with Gasteiger partial charge in [-0.2, -0.15) is 4.31 Å². The summed E-state index contributed by atoms with van der Waals surface area (Å²) in [5, 5.41) is 3.05. The predicted molar refractivity (Wildman–Crippen MR) is 112 cm³/mol. The summed E-state index contributed by atoms with van der Waals surface area (Å²) in [7, 11) is -3.69. The minimum Gasteiger partial charge on any atom is -0.339 e. The lowest BCUT2D eigenvalue weighted by Crippen LogP contribution is -2.50. The van der Waals surface area contributed by atoms with Crippen LogP contribution in [0.4, 0.5) is 4.39 Å². The lowest BCUT2D eigenvalue weighted by Gasteiger charge is -2.31. The number of amides is 1. The third kappa shape index (κ3) is 4.62. The van der Waals surface area contributed by atoms with E-state index in [1.807, 2.05) is 12.1 Å². The number of nitrogens with zero attached hydrogens (tertiary/aromatic N) is 2. The molecule has 1 amide bonds. The van der Waals surface area contributed by atoms with Crippen LogP contribution in [0.25, 0.3) is 0 Å². The number of hydrogen-bond acceptors (Lipinski definition) is 6. The molecule has 0 bridgehead atoms. The van der Waals surface area contributed by atoms with E-state index in [1.54, 1.807) is 12.4 Å². The molecule has 2 saturated heterocycles. The molecule has 4 rings (SSSR count). The van der Waals surface area contributed by atoms with E-state index in [9.17, 15) is 17.6 Å². The molecule has 2 aliphatic rings. The number of hydrogen-bond donors (Lipinski definition) is 3. The van der Waals surface area contributed by atoms with Gasteiger partial charge in [-0.15, -0.1) is 0 Å². The van der Waals surface area contributed by atoms with Gasteiger partial charge in [-0.3, -0.25) is 9.78 Å². The molecule has 2 aromatic rings. The van der Waals surface area contributed by atoms with Crippen molar-refractivity contribution in [3.63, 3.8) is 0 Å². The highest BCUT2D eigenvalue weighted by Crippen LogP contribution is 2.28. The molecule has 3 atom stereocenters. The van der Waals surface area contributed by atoms with Gasteiger partial charge in [0.25, 0.3) is 0 Å². The molecule has 1 aromatic carbocycles. The molecule has 3 N–H and O–H groups in total. The third-order valence-electron chi connectivity index (χ3n) is 6.09. The fourth-order valence-corrected chi connectivity index (χ4v) is 5.61. The monoisotopic (exact) mass is 447 g/mol. The average Bonchev–Trinajstić information content (AvgIpc) is 3.14. The van der Waals surface area contributed by atoms with E-state index in [0.29, 0.717) is 12.8 Å². The van der Waals surface area contributed by atoms with Gasteiger partial charge in [0.1, 0.15) is 5.82 Å². The first-order chi connectivity index (χ1) is 14.9. The Kier molecular flexibility index (Phi) is 6.33. The summed E-state index contributed by atoms with van der Waals surface area (Å²) in [5.74, 6) is -0.705. The van der Waals surface area contributed by atoms with Crippen LogP contribution in [0.5, 0.6) is 0 Å². The highest BCUT2D eigenvalue weighted by molar-refractivity contribution is 7.89. The van der Waals surface area contributed by atoms with Gasteiger partial charge >= 0.3 is 0 Å². The standard InChI is InChI=1S/C21H26FN5O3S/c1-14-19(15-6-10-23-11-7-15)25-26-20(14)24-21(28)16-8-12-27(13-9-16)31(29,30)18-4-2-17(22)3-5-18/h2-7,10-11,14,16,19-20,25-26H,8-9,12-13H2,1H3,(H,24,28). The first-order valence-corrected chi connectivity index (χ1v) is 11.8. The summed E-state index contributed by atoms with van der Waals surface area (Å²) in [6.45, 7) is 2.56. The number of rotatable bonds is 5. The van der Waals surface area contributed by atoms with Gasteiger partial charge in [-0.25, -0.2) is 23.7 Å². The summed E-state index contributed by atoms with van der Waals surface area (Å²) >= 11 is 0. The number of hydrazine groups is 1. The first kappa shape index (κ1) is 21.8. The number of aromatic nitrogens is 1. The molecule has 31 heavy (non-hydrogen) atoms. The maximum atomic E-state index is 13.1. The Morgan fingerprint density at radius 3 is 2.39 bits per heavy atom. The van der Waals surface area contributed by atoms with E-state index in [-0.39, 0.29) is 47.9 Å². The quantitative estimate of drug-likeness (QED) is 0.643. The minimum atomic E-state index is -3.69. The summed E-state index contributed by atoms with van der Waals surface area (Å²) in [6, 6.07) is 8.74. The summed E-state index contributed by atoms with van der Waals surface area (Å²) in [6.07, 6.45) is 4.13. The maximum Gasteiger partial charge on any atom is 0.243 e. The van der Waals surface area contributed by atoms with E-state index >= 15 is 0 Å². The van der Waals surface area contributed by atoms with E-state index < -0.39 is 15.8 Å². The normalized spacial score (nSPS) is 25.4. The second kappa shape index (κ2) is 8.99. The van der Waals surface area contributed by atoms with Crippen molar-refractivity contribution in [1.29, 1.82) is 0 Å². The van der Waals surface area contributed by atoms with Gasteiger partial charge in [-0.05, 0) is 54.8 Å². The number of piperidine rings is 1. The van der Waals surface area contributed by atoms with Crippen molar-refractivity contribution in [3.05, 3.63) is 60.2 Å². The summed E-state index contributed by atoms with van der Waals surface area (Å²) < 4.78 is 40.0. The molecular formula is C21H26FN5O3S. The molecule has 0 radical (unpaired) electrons. The number of nitrogens with one attached hydrogen (secondary N) is 3. The van der Waals surface area contributed by atoms with Crippen LogP contribution in [-0.4, -0.2) is 42.9 Å². The van der Waals surface area contributed by atoms with Crippen molar-refractivity contribution >= 4 is 15.9 Å². The lowest BCUT2D eigenvalue weighted by atomic mass is 9.93. The van der Waals surface area contributed by atoms with Crippen LogP contribution in [0.15, 0.2) is 53.7 Å². The second-order valence-corrected chi connectivity index (χ2v) is 9.96. The largest absolute Gasteiger partial charge is 0.339 e. The lowest BCUT2D eigenvalue weighted by molar-refractivity contribution is -0.127. The predicted octanol–water partition coefficient (Wildman–Crippen LogP) is 1.55. The highest BCUT2D eigenvalue weighted by atomic mass is 32.2. The molecule has 0 spiro atoms. The second-order valence-electron chi connectivity index (χ2n) is 8.02. The Morgan fingerprint density at radius 1 is 1.10 bits per heavy atom. The molecule has 166 valence electrons. The van der Waals surface area contributed by atoms with Crippen LogP contribution < -0.4 is 16.2 Å². The summed E-state index contributed by atoms with van der Waals surface area (Å²) in [5.41, 5.74) is 7.46. The van der Waals surface area contributed by atoms with Gasteiger partial charge < -0.3 is 5.32 Å². The topological polar surface area (TPSA) is 103 Å². The van der Waals surface area contributed by atoms with Gasteiger partial charge in [-0.1, -0.05) is 6.92 Å². The molecule has 1 aromatic heterocycles. The zero-order valence-corrected chi connectivity index (χ0v) is 18.0. The fourth-order valence-electron chi connectivity index (χ4n) is 4.15. The zero-order chi connectivity index (χ0) is 22.0. The number of pyridine rings is 1. The molecule has 8 nitrogen and oxygen atoms in total. The number of carbonyl (C=O) groups is 1. The smallest absolute Gasteiger partial charge is 0.243 e. The van der Waals surface area contributed by atoms with E-state index in [1.165, 1.54) is 16.4 Å². The Bertz CT molecular complexity index is 1010. The molecule has 0 aliphatic carbocycles. The van der Waals surface area contributed by atoms with Crippen LogP contribution >= 0.6 is 0 Å². The molecule has 3 unspecified atom stereocenters. The van der Waals surface area contributed by atoms with Crippen molar-refractivity contribution in [2.45, 2.75) is 36.9 Å². The van der Waals surface area contributed by atoms with Crippen molar-refractivity contribution in [3.8, 4) is 0 Å². The van der Waals surface area contributed by atoms with Crippen LogP contribution in [0.2, 0.25) is 0 Å². The molecule has 2 fully saturated rings. The van der Waals surface area contributed by atoms with Gasteiger partial charge in [0.2, 0.25) is 15.9 Å². The van der Waals surface area contributed by atoms with Crippen LogP contribution in [0.1, 0.15) is 31.4 Å². The first-order valence-electron chi connectivity index (χ1n) is 10.3. The SMILES string of the molecule is CC1C(NC(=O)C2CCN(S(=O)(=O)c3ccc(F)cc3)CC2)NNC1c1ccncc1. The Hall–Kier alpha value is -2.40. The van der Waals surface area contributed by atoms with Crippen LogP contribution in [0, 0.1) is 17.7 Å². The molecule has 10 heteroatoms. The molecule has 2 aliphatic heterocycles. The van der Waals surface area contributed by atoms with Crippen molar-refractivity contribution < 1.29 is 17.6 Å². The minimum absolute atomic E-state index is 0.0519. The zero-order valence-electron chi connectivity index (χ0n) is 17.2. The third-order valence-corrected chi connectivity index (χ3v) is 8.00. The molecular weight excluding hydrogens is 421 g/mol. The van der Waals surface area contributed by atoms with E-state index in [4.69, 9.17) is 0 Å². The average molecular weight is 448 g/mol. The Balaban J connectivity index is 1.32. The van der Waals surface area contributed by atoms with Gasteiger partial charge in [0.05, 0.1) is 17.1 Å². The van der Waals surface area contributed by atoms with Crippen molar-refractivity contribution in [2.75, 3.05) is 13.1 Å². The number of benzene rings is 1. The van der Waals surface area contributed by atoms with Crippen molar-refractivity contribution in [1.82, 2.24) is 25.5 Å². The van der Waals surface area contributed by atoms with Crippen molar-refractivity contribution in [2.24, 2.45) is 11.8 Å². The van der Waals surface area contributed by atoms with Gasteiger partial charge in [0.15, 0.2) is 0 Å². The van der Waals surface area contributed by atoms with E-state index in [0.717, 1.165) is 17.7 Å². The van der Waals surface area contributed by atoms with Crippen LogP contribution in [-0.2, 0) is 14.8 Å². The Labute approximate surface area is 181 Å². The van der Waals surface area contributed by atoms with Gasteiger partial charge in [0, 0.05) is 37.3 Å². The summed E-state index contributed by atoms with van der Waals surface area (Å²) in [4.78, 5) is 16.9. The Morgan fingerprint density at radius 2 is 1.74 bits per heavy atom. The number of sulfonamides is 1. The number of carbonyl (C=O) groups excluding carboxylic acids is 1. The molecule has 0 saturated carbocycles. The van der Waals surface area contributed by atoms with E-state index in [2.05, 4.69) is 28.1 Å². The number of halogens is 1.